The van der Waals surface area contributed by atoms with Crippen molar-refractivity contribution in [3.05, 3.63) is 169 Å². The zero-order chi connectivity index (χ0) is 28.4. The number of nitrogens with zero attached hydrogens (tertiary/aromatic N) is 1. The van der Waals surface area contributed by atoms with E-state index in [0.717, 1.165) is 26.2 Å². The maximum absolute atomic E-state index is 4.24. The Kier molecular flexibility index (Phi) is 8.91. The van der Waals surface area contributed by atoms with Crippen molar-refractivity contribution in [2.24, 2.45) is 0 Å². The van der Waals surface area contributed by atoms with Gasteiger partial charge in [0.05, 0.1) is 0 Å². The van der Waals surface area contributed by atoms with Crippen molar-refractivity contribution in [2.75, 3.05) is 19.6 Å². The fraction of sp³-hybridized carbons (Fsp3) is 0.103. The Morgan fingerprint density at radius 2 is 1.12 bits per heavy atom. The molecular formula is C39H35N3. The molecule has 0 aliphatic heterocycles. The van der Waals surface area contributed by atoms with Gasteiger partial charge in [0.2, 0.25) is 0 Å². The van der Waals surface area contributed by atoms with Crippen LogP contribution in [0.15, 0.2) is 152 Å². The van der Waals surface area contributed by atoms with Crippen molar-refractivity contribution in [1.29, 1.82) is 0 Å². The van der Waals surface area contributed by atoms with Gasteiger partial charge in [0.15, 0.2) is 0 Å². The first-order chi connectivity index (χ1) is 20.8. The van der Waals surface area contributed by atoms with E-state index in [0.29, 0.717) is 0 Å². The van der Waals surface area contributed by atoms with Crippen LogP contribution in [0.1, 0.15) is 16.7 Å². The highest BCUT2D eigenvalue weighted by Gasteiger charge is 2.07. The fourth-order valence-electron chi connectivity index (χ4n) is 5.37. The van der Waals surface area contributed by atoms with E-state index in [9.17, 15) is 0 Å². The second-order valence-corrected chi connectivity index (χ2v) is 10.4. The van der Waals surface area contributed by atoms with Crippen LogP contribution in [0.2, 0.25) is 0 Å². The molecule has 0 aliphatic carbocycles. The van der Waals surface area contributed by atoms with Crippen LogP contribution < -0.4 is 10.6 Å². The molecule has 1 aromatic heterocycles. The molecule has 0 fully saturated rings. The number of nitrogens with one attached hydrogen (secondary N) is 2. The van der Waals surface area contributed by atoms with Gasteiger partial charge in [0.25, 0.3) is 0 Å². The van der Waals surface area contributed by atoms with Gasteiger partial charge in [-0.15, -0.1) is 0 Å². The highest BCUT2D eigenvalue weighted by atomic mass is 14.9. The lowest BCUT2D eigenvalue weighted by molar-refractivity contribution is 0.637. The summed E-state index contributed by atoms with van der Waals surface area (Å²) in [6.45, 7) is 3.40. The molecule has 6 aromatic rings. The molecule has 0 spiro atoms. The molecule has 5 aromatic carbocycles. The van der Waals surface area contributed by atoms with Crippen LogP contribution in [0.4, 0.5) is 0 Å². The first-order valence-electron chi connectivity index (χ1n) is 14.6. The van der Waals surface area contributed by atoms with Crippen molar-refractivity contribution in [1.82, 2.24) is 15.6 Å². The SMILES string of the molecule is C(CNCCNCc1cccc2cnccc12)=C(c1ccc(-c2ccccc2)cc1)c1ccc(-c2ccccc2)cc1. The van der Waals surface area contributed by atoms with Gasteiger partial charge in [-0.05, 0) is 56.0 Å². The minimum atomic E-state index is 0.790. The number of fused-ring (bicyclic) bond motifs is 1. The number of hydrogen-bond donors (Lipinski definition) is 2. The van der Waals surface area contributed by atoms with Crippen LogP contribution in [0.5, 0.6) is 0 Å². The maximum Gasteiger partial charge on any atom is 0.0346 e. The average Bonchev–Trinajstić information content (AvgIpc) is 3.07. The predicted octanol–water partition coefficient (Wildman–Crippen LogP) is 8.38. The van der Waals surface area contributed by atoms with Gasteiger partial charge in [0.1, 0.15) is 0 Å². The Morgan fingerprint density at radius 3 is 1.74 bits per heavy atom. The van der Waals surface area contributed by atoms with E-state index < -0.39 is 0 Å². The molecule has 0 unspecified atom stereocenters. The van der Waals surface area contributed by atoms with Gasteiger partial charge in [-0.25, -0.2) is 0 Å². The Labute approximate surface area is 248 Å². The summed E-state index contributed by atoms with van der Waals surface area (Å²) in [4.78, 5) is 4.24. The smallest absolute Gasteiger partial charge is 0.0346 e. The standard InChI is InChI=1S/C39H35N3/c1-3-8-30(9-4-1)32-14-18-34(19-15-32)38(35-20-16-33(17-21-35)31-10-5-2-6-11-31)22-24-40-26-27-42-29-37-13-7-12-36-28-41-25-23-39(36)37/h1-23,25,28,40,42H,24,26-27,29H2. The highest BCUT2D eigenvalue weighted by molar-refractivity contribution is 5.85. The van der Waals surface area contributed by atoms with Gasteiger partial charge >= 0.3 is 0 Å². The Bertz CT molecular complexity index is 1650. The molecule has 0 bridgehead atoms. The Morgan fingerprint density at radius 1 is 0.548 bits per heavy atom. The van der Waals surface area contributed by atoms with E-state index in [1.165, 1.54) is 55.3 Å². The van der Waals surface area contributed by atoms with Crippen molar-refractivity contribution in [3.63, 3.8) is 0 Å². The number of hydrogen-bond acceptors (Lipinski definition) is 3. The molecule has 1 heterocycles. The molecule has 0 saturated heterocycles. The summed E-state index contributed by atoms with van der Waals surface area (Å²) in [6.07, 6.45) is 6.10. The molecule has 2 N–H and O–H groups in total. The van der Waals surface area contributed by atoms with Gasteiger partial charge < -0.3 is 10.6 Å². The molecule has 0 saturated carbocycles. The third-order valence-corrected chi connectivity index (χ3v) is 7.62. The predicted molar refractivity (Wildman–Crippen MR) is 177 cm³/mol. The number of aromatic nitrogens is 1. The lowest BCUT2D eigenvalue weighted by Gasteiger charge is -2.12. The quantitative estimate of drug-likeness (QED) is 0.161. The molecular weight excluding hydrogens is 510 g/mol. The topological polar surface area (TPSA) is 37.0 Å². The van der Waals surface area contributed by atoms with Crippen LogP contribution in [-0.4, -0.2) is 24.6 Å². The van der Waals surface area contributed by atoms with E-state index in [1.807, 2.05) is 12.4 Å². The lowest BCUT2D eigenvalue weighted by Crippen LogP contribution is -2.27. The maximum atomic E-state index is 4.24. The van der Waals surface area contributed by atoms with Crippen molar-refractivity contribution in [3.8, 4) is 22.3 Å². The summed E-state index contributed by atoms with van der Waals surface area (Å²) in [5.41, 5.74) is 9.89. The Hall–Kier alpha value is -4.83. The van der Waals surface area contributed by atoms with Crippen LogP contribution in [0.25, 0.3) is 38.6 Å². The third kappa shape index (κ3) is 6.72. The highest BCUT2D eigenvalue weighted by Crippen LogP contribution is 2.29. The van der Waals surface area contributed by atoms with Gasteiger partial charge in [-0.3, -0.25) is 4.98 Å². The number of rotatable bonds is 11. The molecule has 0 aliphatic rings. The monoisotopic (exact) mass is 545 g/mol. The second-order valence-electron chi connectivity index (χ2n) is 10.4. The molecule has 6 rings (SSSR count). The van der Waals surface area contributed by atoms with Crippen LogP contribution >= 0.6 is 0 Å². The molecule has 42 heavy (non-hydrogen) atoms. The first kappa shape index (κ1) is 27.3. The summed E-state index contributed by atoms with van der Waals surface area (Å²) in [5, 5.41) is 9.63. The minimum absolute atomic E-state index is 0.790. The molecule has 0 radical (unpaired) electrons. The summed E-state index contributed by atoms with van der Waals surface area (Å²) in [5.74, 6) is 0. The summed E-state index contributed by atoms with van der Waals surface area (Å²) >= 11 is 0. The third-order valence-electron chi connectivity index (χ3n) is 7.62. The number of benzene rings is 5. The van der Waals surface area contributed by atoms with Gasteiger partial charge in [-0.1, -0.05) is 133 Å². The van der Waals surface area contributed by atoms with Crippen LogP contribution in [0, 0.1) is 0 Å². The van der Waals surface area contributed by atoms with Crippen LogP contribution in [-0.2, 0) is 6.54 Å². The zero-order valence-electron chi connectivity index (χ0n) is 23.7. The van der Waals surface area contributed by atoms with E-state index in [4.69, 9.17) is 0 Å². The van der Waals surface area contributed by atoms with Crippen LogP contribution in [0.3, 0.4) is 0 Å². The second kappa shape index (κ2) is 13.7. The molecule has 0 amide bonds. The normalized spacial score (nSPS) is 11.0. The summed E-state index contributed by atoms with van der Waals surface area (Å²) < 4.78 is 0. The van der Waals surface area contributed by atoms with Crippen molar-refractivity contribution >= 4 is 16.3 Å². The molecule has 206 valence electrons. The van der Waals surface area contributed by atoms with Crippen molar-refractivity contribution in [2.45, 2.75) is 6.54 Å². The van der Waals surface area contributed by atoms with E-state index in [-0.39, 0.29) is 0 Å². The Balaban J connectivity index is 1.13. The summed E-state index contributed by atoms with van der Waals surface area (Å²) in [7, 11) is 0. The summed E-state index contributed by atoms with van der Waals surface area (Å²) in [6, 6.07) is 47.4. The van der Waals surface area contributed by atoms with Crippen molar-refractivity contribution < 1.29 is 0 Å². The largest absolute Gasteiger partial charge is 0.312 e. The van der Waals surface area contributed by atoms with Gasteiger partial charge in [0, 0.05) is 44.0 Å². The number of pyridine rings is 1. The molecule has 3 heteroatoms. The molecule has 0 atom stereocenters. The molecule has 3 nitrogen and oxygen atoms in total. The van der Waals surface area contributed by atoms with Gasteiger partial charge in [-0.2, -0.15) is 0 Å². The van der Waals surface area contributed by atoms with E-state index in [1.54, 1.807) is 0 Å². The first-order valence-corrected chi connectivity index (χ1v) is 14.6. The minimum Gasteiger partial charge on any atom is -0.312 e. The van der Waals surface area contributed by atoms with E-state index >= 15 is 0 Å². The fourth-order valence-corrected chi connectivity index (χ4v) is 5.37. The zero-order valence-corrected chi connectivity index (χ0v) is 23.7. The average molecular weight is 546 g/mol. The van der Waals surface area contributed by atoms with E-state index in [2.05, 4.69) is 155 Å². The lowest BCUT2D eigenvalue weighted by atomic mass is 9.94.